The quantitative estimate of drug-likeness (QED) is 0.594. The first-order chi connectivity index (χ1) is 7.09. The summed E-state index contributed by atoms with van der Waals surface area (Å²) in [5.74, 6) is 1.07. The van der Waals surface area contributed by atoms with Crippen molar-refractivity contribution in [2.75, 3.05) is 11.5 Å². The van der Waals surface area contributed by atoms with Gasteiger partial charge in [0, 0.05) is 0 Å². The average Bonchev–Trinajstić information content (AvgIpc) is 2.18. The second kappa shape index (κ2) is 13.6. The third-order valence-corrected chi connectivity index (χ3v) is 2.63. The molecule has 0 saturated carbocycles. The second-order valence-electron chi connectivity index (χ2n) is 2.78. The molecule has 0 heterocycles. The zero-order valence-electron chi connectivity index (χ0n) is 8.77. The third-order valence-electron chi connectivity index (χ3n) is 1.53. The lowest BCUT2D eigenvalue weighted by atomic mass is 10.2. The van der Waals surface area contributed by atoms with E-state index in [1.165, 1.54) is 12.8 Å². The first-order valence-electron chi connectivity index (χ1n) is 4.61. The fourth-order valence-electron chi connectivity index (χ4n) is 0.682. The number of hydrogen-bond donors (Lipinski definition) is 3. The highest BCUT2D eigenvalue weighted by atomic mass is 32.2. The van der Waals surface area contributed by atoms with Crippen molar-refractivity contribution >= 4 is 29.2 Å². The lowest BCUT2D eigenvalue weighted by Crippen LogP contribution is -2.30. The van der Waals surface area contributed by atoms with Gasteiger partial charge in [-0.1, -0.05) is 13.3 Å². The van der Waals surface area contributed by atoms with Crippen molar-refractivity contribution in [1.29, 1.82) is 4.78 Å². The van der Waals surface area contributed by atoms with Crippen LogP contribution in [0.2, 0.25) is 0 Å². The van der Waals surface area contributed by atoms with Crippen molar-refractivity contribution in [3.63, 3.8) is 0 Å². The lowest BCUT2D eigenvalue weighted by Gasteiger charge is -2.04. The Labute approximate surface area is 97.9 Å². The van der Waals surface area contributed by atoms with Crippen LogP contribution in [0.1, 0.15) is 26.2 Å². The van der Waals surface area contributed by atoms with E-state index in [0.29, 0.717) is 6.42 Å². The summed E-state index contributed by atoms with van der Waals surface area (Å²) in [7, 11) is 0. The van der Waals surface area contributed by atoms with Crippen molar-refractivity contribution < 1.29 is 14.1 Å². The highest BCUT2D eigenvalue weighted by Crippen LogP contribution is 2.06. The van der Waals surface area contributed by atoms with Gasteiger partial charge in [-0.3, -0.25) is 4.79 Å². The Morgan fingerprint density at radius 3 is 2.47 bits per heavy atom. The van der Waals surface area contributed by atoms with Crippen molar-refractivity contribution in [2.45, 2.75) is 32.2 Å². The number of carbonyl (C=O) groups is 1. The fourth-order valence-corrected chi connectivity index (χ4v) is 1.80. The Kier molecular flexibility index (Phi) is 15.4. The van der Waals surface area contributed by atoms with Crippen LogP contribution in [0, 0.1) is 4.78 Å². The van der Waals surface area contributed by atoms with Gasteiger partial charge in [0.15, 0.2) is 11.5 Å². The summed E-state index contributed by atoms with van der Waals surface area (Å²) >= 11 is 1.53. The molecule has 7 heteroatoms. The van der Waals surface area contributed by atoms with E-state index in [1.807, 2.05) is 0 Å². The Morgan fingerprint density at radius 2 is 2.07 bits per heavy atom. The van der Waals surface area contributed by atoms with Gasteiger partial charge in [-0.15, -0.1) is 0 Å². The lowest BCUT2D eigenvalue weighted by molar-refractivity contribution is -0.138. The summed E-state index contributed by atoms with van der Waals surface area (Å²) in [5.41, 5.74) is 5.32. The van der Waals surface area contributed by atoms with Gasteiger partial charge in [0.1, 0.15) is 6.04 Å². The van der Waals surface area contributed by atoms with Crippen LogP contribution in [-0.4, -0.2) is 32.8 Å². The van der Waals surface area contributed by atoms with Crippen LogP contribution >= 0.6 is 11.8 Å². The first-order valence-corrected chi connectivity index (χ1v) is 6.51. The zero-order chi connectivity index (χ0) is 12.1. The van der Waals surface area contributed by atoms with Gasteiger partial charge >= 0.3 is 5.97 Å². The molecule has 0 unspecified atom stereocenters. The Bertz CT molecular complexity index is 196. The van der Waals surface area contributed by atoms with Crippen molar-refractivity contribution in [1.82, 2.24) is 0 Å². The number of carboxylic acid groups (broad SMARTS) is 1. The van der Waals surface area contributed by atoms with E-state index in [2.05, 4.69) is 6.92 Å². The summed E-state index contributed by atoms with van der Waals surface area (Å²) in [5, 5.41) is 8.45. The monoisotopic (exact) mass is 254 g/mol. The Morgan fingerprint density at radius 1 is 1.53 bits per heavy atom. The summed E-state index contributed by atoms with van der Waals surface area (Å²) in [4.78, 5) is 10.3. The molecule has 0 aliphatic carbocycles. The summed E-state index contributed by atoms with van der Waals surface area (Å²) < 4.78 is 14.1. The largest absolute Gasteiger partial charge is 0.480 e. The van der Waals surface area contributed by atoms with Crippen molar-refractivity contribution in [3.05, 3.63) is 0 Å². The van der Waals surface area contributed by atoms with Crippen LogP contribution in [0.25, 0.3) is 0 Å². The molecular weight excluding hydrogens is 236 g/mol. The molecule has 0 aromatic rings. The molecule has 0 aromatic carbocycles. The van der Waals surface area contributed by atoms with Crippen molar-refractivity contribution in [2.24, 2.45) is 5.73 Å². The predicted molar refractivity (Wildman–Crippen MR) is 63.3 cm³/mol. The van der Waals surface area contributed by atoms with Gasteiger partial charge in [0.05, 0.1) is 0 Å². The Balaban J connectivity index is 0. The molecule has 0 rings (SSSR count). The van der Waals surface area contributed by atoms with E-state index in [1.54, 1.807) is 11.8 Å². The number of unbranched alkanes of at least 4 members (excludes halogenated alkanes) is 1. The number of carboxylic acids is 1. The van der Waals surface area contributed by atoms with Gasteiger partial charge in [-0.2, -0.15) is 16.0 Å². The van der Waals surface area contributed by atoms with Crippen LogP contribution < -0.4 is 5.73 Å². The van der Waals surface area contributed by atoms with Crippen molar-refractivity contribution in [3.8, 4) is 0 Å². The minimum absolute atomic E-state index is 0.250. The van der Waals surface area contributed by atoms with Gasteiger partial charge in [-0.25, -0.2) is 4.78 Å². The summed E-state index contributed by atoms with van der Waals surface area (Å²) in [6, 6.07) is -0.681. The molecule has 0 aliphatic heterocycles. The first kappa shape index (κ1) is 17.0. The zero-order valence-corrected chi connectivity index (χ0v) is 10.4. The predicted octanol–water partition coefficient (Wildman–Crippen LogP) is 1.28. The number of nitrogens with one attached hydrogen (secondary N) is 1. The number of thioether (sulfide) groups is 1. The Hall–Kier alpha value is -0.400. The molecule has 15 heavy (non-hydrogen) atoms. The third kappa shape index (κ3) is 16.3. The van der Waals surface area contributed by atoms with Crippen LogP contribution in [0.4, 0.5) is 0 Å². The van der Waals surface area contributed by atoms with Crippen LogP contribution in [0.3, 0.4) is 0 Å². The minimum Gasteiger partial charge on any atom is -0.480 e. The second-order valence-corrected chi connectivity index (χ2v) is 4.17. The van der Waals surface area contributed by atoms with Gasteiger partial charge in [0.2, 0.25) is 0 Å². The average molecular weight is 254 g/mol. The maximum absolute atomic E-state index is 10.3. The molecule has 0 saturated heterocycles. The van der Waals surface area contributed by atoms with E-state index in [4.69, 9.17) is 19.8 Å². The molecule has 0 fully saturated rings. The molecule has 0 amide bonds. The van der Waals surface area contributed by atoms with Crippen LogP contribution in [0.15, 0.2) is 0 Å². The van der Waals surface area contributed by atoms with E-state index >= 15 is 0 Å². The fraction of sp³-hybridized carbons (Fsp3) is 0.875. The number of nitrogens with two attached hydrogens (primary N) is 1. The molecule has 5 nitrogen and oxygen atoms in total. The summed E-state index contributed by atoms with van der Waals surface area (Å²) in [6.07, 6.45) is 2.97. The van der Waals surface area contributed by atoms with Gasteiger partial charge < -0.3 is 10.8 Å². The van der Waals surface area contributed by atoms with E-state index in [9.17, 15) is 4.79 Å². The highest BCUT2D eigenvalue weighted by molar-refractivity contribution is 7.99. The van der Waals surface area contributed by atoms with E-state index in [-0.39, 0.29) is 11.5 Å². The highest BCUT2D eigenvalue weighted by Gasteiger charge is 2.09. The molecule has 0 radical (unpaired) electrons. The molecule has 0 aromatic heterocycles. The molecule has 4 N–H and O–H groups in total. The SMILES string of the molecule is CCCCSCC[C@H](N)C(=O)O.N=S=O. The molecule has 0 spiro atoms. The van der Waals surface area contributed by atoms with E-state index in [0.717, 1.165) is 11.5 Å². The number of rotatable bonds is 7. The van der Waals surface area contributed by atoms with Crippen LogP contribution in [-0.2, 0) is 16.3 Å². The smallest absolute Gasteiger partial charge is 0.320 e. The molecule has 0 aliphatic rings. The standard InChI is InChI=1S/C8H17NO2S.HNOS/c1-2-3-5-12-6-4-7(9)8(10)11;1-3-2/h7H,2-6,9H2,1H3,(H,10,11);1H/t7-;/m0./s1. The normalized spacial score (nSPS) is 11.1. The maximum Gasteiger partial charge on any atom is 0.320 e. The molecule has 90 valence electrons. The molecular formula is C8H18N2O3S2. The summed E-state index contributed by atoms with van der Waals surface area (Å²) in [6.45, 7) is 2.14. The number of aliphatic carboxylic acids is 1. The van der Waals surface area contributed by atoms with Gasteiger partial charge in [-0.05, 0) is 24.3 Å². The number of hydrogen-bond acceptors (Lipinski definition) is 5. The van der Waals surface area contributed by atoms with Crippen LogP contribution in [0.5, 0.6) is 0 Å². The minimum atomic E-state index is -0.897. The molecule has 0 bridgehead atoms. The van der Waals surface area contributed by atoms with Gasteiger partial charge in [0.25, 0.3) is 0 Å². The van der Waals surface area contributed by atoms with E-state index < -0.39 is 12.0 Å². The molecule has 1 atom stereocenters. The topological polar surface area (TPSA) is 104 Å². The maximum atomic E-state index is 10.3.